The molecule has 1 fully saturated rings. The number of benzene rings is 1. The molecule has 132 valence electrons. The molecule has 3 N–H and O–H groups in total. The first-order chi connectivity index (χ1) is 11.9. The van der Waals surface area contributed by atoms with E-state index in [1.807, 2.05) is 13.2 Å². The van der Waals surface area contributed by atoms with Crippen LogP contribution in [0.4, 0.5) is 4.39 Å². The second-order valence-electron chi connectivity index (χ2n) is 6.57. The molecule has 7 heteroatoms. The summed E-state index contributed by atoms with van der Waals surface area (Å²) < 4.78 is 14.7. The summed E-state index contributed by atoms with van der Waals surface area (Å²) in [4.78, 5) is 23.9. The van der Waals surface area contributed by atoms with E-state index in [1.54, 1.807) is 23.0 Å². The molecule has 2 aromatic rings. The maximum Gasteiger partial charge on any atom is 0.223 e. The third-order valence-corrected chi connectivity index (χ3v) is 4.60. The Morgan fingerprint density at radius 3 is 2.72 bits per heavy atom. The van der Waals surface area contributed by atoms with Crippen molar-refractivity contribution < 1.29 is 14.0 Å². The van der Waals surface area contributed by atoms with E-state index in [-0.39, 0.29) is 30.1 Å². The second kappa shape index (κ2) is 7.04. The predicted molar refractivity (Wildman–Crippen MR) is 89.9 cm³/mol. The van der Waals surface area contributed by atoms with Gasteiger partial charge in [-0.05, 0) is 42.0 Å². The maximum absolute atomic E-state index is 13.0. The summed E-state index contributed by atoms with van der Waals surface area (Å²) in [5.74, 6) is -1.29. The highest BCUT2D eigenvalue weighted by atomic mass is 19.1. The molecule has 1 aromatic heterocycles. The highest BCUT2D eigenvalue weighted by Gasteiger charge is 2.44. The molecule has 1 aromatic carbocycles. The average molecular weight is 344 g/mol. The van der Waals surface area contributed by atoms with Crippen molar-refractivity contribution in [1.29, 1.82) is 0 Å². The van der Waals surface area contributed by atoms with Crippen molar-refractivity contribution in [2.45, 2.75) is 18.8 Å². The Balaban J connectivity index is 1.52. The molecule has 0 saturated heterocycles. The third-order valence-electron chi connectivity index (χ3n) is 4.60. The van der Waals surface area contributed by atoms with Crippen LogP contribution < -0.4 is 11.1 Å². The van der Waals surface area contributed by atoms with Crippen LogP contribution in [-0.4, -0.2) is 28.1 Å². The van der Waals surface area contributed by atoms with E-state index in [0.717, 1.165) is 17.5 Å². The molecule has 0 aliphatic heterocycles. The lowest BCUT2D eigenvalue weighted by atomic mass is 9.98. The van der Waals surface area contributed by atoms with Crippen molar-refractivity contribution in [3.8, 4) is 0 Å². The summed E-state index contributed by atoms with van der Waals surface area (Å²) in [7, 11) is 1.84. The van der Waals surface area contributed by atoms with Crippen LogP contribution in [0, 0.1) is 17.7 Å². The molecular formula is C18H21FN4O2. The summed E-state index contributed by atoms with van der Waals surface area (Å²) in [5.41, 5.74) is 7.30. The number of primary amides is 1. The molecule has 1 aliphatic rings. The fourth-order valence-electron chi connectivity index (χ4n) is 3.02. The van der Waals surface area contributed by atoms with Gasteiger partial charge < -0.3 is 11.1 Å². The van der Waals surface area contributed by atoms with E-state index in [2.05, 4.69) is 10.4 Å². The summed E-state index contributed by atoms with van der Waals surface area (Å²) in [6.07, 6.45) is 4.85. The van der Waals surface area contributed by atoms with Gasteiger partial charge in [-0.3, -0.25) is 14.3 Å². The first-order valence-corrected chi connectivity index (χ1v) is 8.24. The number of carbonyl (C=O) groups excluding carboxylic acids is 2. The number of rotatable bonds is 7. The minimum Gasteiger partial charge on any atom is -0.369 e. The van der Waals surface area contributed by atoms with Gasteiger partial charge in [0.1, 0.15) is 5.82 Å². The predicted octanol–water partition coefficient (Wildman–Crippen LogP) is 1.12. The number of halogens is 1. The lowest BCUT2D eigenvalue weighted by Crippen LogP contribution is -2.38. The quantitative estimate of drug-likeness (QED) is 0.789. The highest BCUT2D eigenvalue weighted by Crippen LogP contribution is 2.47. The summed E-state index contributed by atoms with van der Waals surface area (Å²) in [5, 5.41) is 6.94. The van der Waals surface area contributed by atoms with Gasteiger partial charge in [0.25, 0.3) is 0 Å². The number of aryl methyl sites for hydroxylation is 1. The van der Waals surface area contributed by atoms with Gasteiger partial charge in [0.15, 0.2) is 0 Å². The van der Waals surface area contributed by atoms with E-state index in [1.165, 1.54) is 12.1 Å². The number of aromatic nitrogens is 2. The van der Waals surface area contributed by atoms with E-state index in [0.29, 0.717) is 6.42 Å². The van der Waals surface area contributed by atoms with Gasteiger partial charge >= 0.3 is 0 Å². The van der Waals surface area contributed by atoms with Crippen LogP contribution in [0.2, 0.25) is 0 Å². The van der Waals surface area contributed by atoms with Crippen LogP contribution in [0.3, 0.4) is 0 Å². The van der Waals surface area contributed by atoms with Gasteiger partial charge in [-0.2, -0.15) is 5.10 Å². The Kier molecular flexibility index (Phi) is 4.83. The fraction of sp³-hybridized carbons (Fsp3) is 0.389. The van der Waals surface area contributed by atoms with Crippen LogP contribution in [0.1, 0.15) is 23.5 Å². The van der Waals surface area contributed by atoms with Crippen molar-refractivity contribution in [2.24, 2.45) is 24.6 Å². The van der Waals surface area contributed by atoms with E-state index in [9.17, 15) is 14.0 Å². The Morgan fingerprint density at radius 2 is 2.12 bits per heavy atom. The van der Waals surface area contributed by atoms with Crippen molar-refractivity contribution >= 4 is 11.8 Å². The number of nitrogens with zero attached hydrogens (tertiary/aromatic N) is 2. The monoisotopic (exact) mass is 344 g/mol. The molecule has 2 amide bonds. The highest BCUT2D eigenvalue weighted by molar-refractivity contribution is 5.84. The molecule has 25 heavy (non-hydrogen) atoms. The number of amides is 2. The zero-order chi connectivity index (χ0) is 18.0. The van der Waals surface area contributed by atoms with Crippen molar-refractivity contribution in [1.82, 2.24) is 15.1 Å². The smallest absolute Gasteiger partial charge is 0.223 e. The fourth-order valence-corrected chi connectivity index (χ4v) is 3.02. The number of nitrogens with one attached hydrogen (secondary N) is 1. The van der Waals surface area contributed by atoms with Crippen LogP contribution in [-0.2, 0) is 23.1 Å². The Hall–Kier alpha value is -2.70. The lowest BCUT2D eigenvalue weighted by molar-refractivity contribution is -0.124. The Bertz CT molecular complexity index is 772. The average Bonchev–Trinajstić information content (AvgIpc) is 3.27. The maximum atomic E-state index is 13.0. The summed E-state index contributed by atoms with van der Waals surface area (Å²) in [6.45, 7) is 0.182. The normalized spacial score (nSPS) is 20.1. The molecule has 0 bridgehead atoms. The van der Waals surface area contributed by atoms with Crippen molar-refractivity contribution in [3.05, 3.63) is 53.6 Å². The van der Waals surface area contributed by atoms with Gasteiger partial charge in [0.2, 0.25) is 11.8 Å². The molecule has 1 saturated carbocycles. The number of hydrogen-bond donors (Lipinski definition) is 2. The largest absolute Gasteiger partial charge is 0.369 e. The molecule has 1 aliphatic carbocycles. The van der Waals surface area contributed by atoms with Gasteiger partial charge in [-0.25, -0.2) is 4.39 Å². The first-order valence-electron chi connectivity index (χ1n) is 8.24. The lowest BCUT2D eigenvalue weighted by Gasteiger charge is -2.14. The van der Waals surface area contributed by atoms with E-state index >= 15 is 0 Å². The van der Waals surface area contributed by atoms with Gasteiger partial charge in [-0.1, -0.05) is 12.1 Å². The van der Waals surface area contributed by atoms with E-state index < -0.39 is 11.8 Å². The van der Waals surface area contributed by atoms with Crippen LogP contribution in [0.15, 0.2) is 36.7 Å². The molecule has 6 nitrogen and oxygen atoms in total. The number of hydrogen-bond acceptors (Lipinski definition) is 3. The molecular weight excluding hydrogens is 323 g/mol. The second-order valence-corrected chi connectivity index (χ2v) is 6.57. The van der Waals surface area contributed by atoms with E-state index in [4.69, 9.17) is 5.73 Å². The molecule has 0 unspecified atom stereocenters. The molecule has 3 atom stereocenters. The van der Waals surface area contributed by atoms with Gasteiger partial charge in [0.05, 0.1) is 12.1 Å². The first kappa shape index (κ1) is 17.1. The minimum atomic E-state index is -0.523. The van der Waals surface area contributed by atoms with Crippen LogP contribution in [0.25, 0.3) is 0 Å². The van der Waals surface area contributed by atoms with Crippen LogP contribution >= 0.6 is 0 Å². The summed E-state index contributed by atoms with van der Waals surface area (Å²) in [6, 6.07) is 5.92. The molecule has 0 spiro atoms. The summed E-state index contributed by atoms with van der Waals surface area (Å²) >= 11 is 0. The van der Waals surface area contributed by atoms with Crippen LogP contribution in [0.5, 0.6) is 0 Å². The minimum absolute atomic E-state index is 0.0702. The third kappa shape index (κ3) is 4.23. The zero-order valence-corrected chi connectivity index (χ0v) is 14.0. The molecule has 1 heterocycles. The van der Waals surface area contributed by atoms with Gasteiger partial charge in [0, 0.05) is 25.7 Å². The zero-order valence-electron chi connectivity index (χ0n) is 14.0. The van der Waals surface area contributed by atoms with Gasteiger partial charge in [-0.15, -0.1) is 0 Å². The molecule has 3 rings (SSSR count). The van der Waals surface area contributed by atoms with Crippen molar-refractivity contribution in [2.75, 3.05) is 6.54 Å². The topological polar surface area (TPSA) is 90.0 Å². The number of nitrogens with two attached hydrogens (primary N) is 1. The Labute approximate surface area is 145 Å². The Morgan fingerprint density at radius 1 is 1.40 bits per heavy atom. The molecule has 0 radical (unpaired) electrons. The standard InChI is InChI=1S/C18H21FN4O2/c1-23-10-13(9-22-23)15-7-16(15)18(25)21-8-12(17(20)24)6-11-2-4-14(19)5-3-11/h2-5,9-10,12,15-16H,6-8H2,1H3,(H2,20,24)(H,21,25)/t12-,15+,16-/m1/s1. The SMILES string of the molecule is Cn1cc([C@@H]2C[C@H]2C(=O)NC[C@@H](Cc2ccc(F)cc2)C(N)=O)cn1. The van der Waals surface area contributed by atoms with Crippen molar-refractivity contribution in [3.63, 3.8) is 0 Å². The number of carbonyl (C=O) groups is 2.